The van der Waals surface area contributed by atoms with Gasteiger partial charge in [-0.2, -0.15) is 0 Å². The van der Waals surface area contributed by atoms with Gasteiger partial charge in [0.1, 0.15) is 12.2 Å². The average molecular weight is 295 g/mol. The SMILES string of the molecule is CO[C@H]1O[C@H](C)[C@@H](NC(=O)[C@H](F)CCO)[C@H](O)[C@@H]1OC. The van der Waals surface area contributed by atoms with E-state index in [-0.39, 0.29) is 6.42 Å². The normalized spacial score (nSPS) is 35.6. The molecule has 1 rings (SSSR count). The Morgan fingerprint density at radius 3 is 2.60 bits per heavy atom. The van der Waals surface area contributed by atoms with E-state index in [2.05, 4.69) is 5.32 Å². The second-order valence-electron chi connectivity index (χ2n) is 4.65. The molecule has 20 heavy (non-hydrogen) atoms. The van der Waals surface area contributed by atoms with Crippen LogP contribution in [0.3, 0.4) is 0 Å². The third-order valence-corrected chi connectivity index (χ3v) is 3.31. The van der Waals surface area contributed by atoms with E-state index in [0.29, 0.717) is 0 Å². The van der Waals surface area contributed by atoms with Gasteiger partial charge in [-0.3, -0.25) is 4.79 Å². The maximum atomic E-state index is 13.4. The van der Waals surface area contributed by atoms with Gasteiger partial charge < -0.3 is 29.7 Å². The first-order valence-electron chi connectivity index (χ1n) is 6.40. The summed E-state index contributed by atoms with van der Waals surface area (Å²) in [5.41, 5.74) is 0. The van der Waals surface area contributed by atoms with Crippen LogP contribution in [0.1, 0.15) is 13.3 Å². The Bertz CT molecular complexity index is 318. The van der Waals surface area contributed by atoms with Crippen LogP contribution < -0.4 is 5.32 Å². The monoisotopic (exact) mass is 295 g/mol. The average Bonchev–Trinajstić information content (AvgIpc) is 2.42. The molecule has 0 radical (unpaired) electrons. The van der Waals surface area contributed by atoms with Crippen molar-refractivity contribution in [3.05, 3.63) is 0 Å². The maximum absolute atomic E-state index is 13.4. The van der Waals surface area contributed by atoms with E-state index in [4.69, 9.17) is 19.3 Å². The van der Waals surface area contributed by atoms with Crippen molar-refractivity contribution < 1.29 is 33.6 Å². The zero-order valence-electron chi connectivity index (χ0n) is 11.8. The van der Waals surface area contributed by atoms with E-state index in [1.807, 2.05) is 0 Å². The molecule has 0 aliphatic carbocycles. The number of carbonyl (C=O) groups excluding carboxylic acids is 1. The second-order valence-corrected chi connectivity index (χ2v) is 4.65. The summed E-state index contributed by atoms with van der Waals surface area (Å²) in [7, 11) is 2.79. The molecule has 0 aromatic carbocycles. The van der Waals surface area contributed by atoms with Crippen molar-refractivity contribution in [2.24, 2.45) is 0 Å². The highest BCUT2D eigenvalue weighted by molar-refractivity contribution is 5.81. The summed E-state index contributed by atoms with van der Waals surface area (Å²) in [6.07, 6.45) is -5.36. The van der Waals surface area contributed by atoms with E-state index in [0.717, 1.165) is 0 Å². The van der Waals surface area contributed by atoms with Crippen LogP contribution in [-0.2, 0) is 19.0 Å². The molecule has 1 aliphatic heterocycles. The molecule has 0 aromatic heterocycles. The topological polar surface area (TPSA) is 97.3 Å². The Hall–Kier alpha value is -0.800. The molecule has 6 atom stereocenters. The standard InChI is InChI=1S/C12H22FNO6/c1-6-8(14-11(17)7(13)4-5-15)9(16)10(18-2)12(19-3)20-6/h6-10,12,15-16H,4-5H2,1-3H3,(H,14,17)/t6-,7-,8-,9+,10+,12+/m1/s1. The molecule has 0 unspecified atom stereocenters. The number of hydrogen-bond donors (Lipinski definition) is 3. The number of methoxy groups -OCH3 is 2. The quantitative estimate of drug-likeness (QED) is 0.579. The molecule has 7 nitrogen and oxygen atoms in total. The largest absolute Gasteiger partial charge is 0.396 e. The molecule has 0 spiro atoms. The minimum atomic E-state index is -1.83. The Labute approximate surface area is 117 Å². The number of nitrogens with one attached hydrogen (secondary N) is 1. The zero-order valence-corrected chi connectivity index (χ0v) is 11.8. The van der Waals surface area contributed by atoms with E-state index in [1.54, 1.807) is 6.92 Å². The molecule has 1 amide bonds. The van der Waals surface area contributed by atoms with Gasteiger partial charge in [-0.1, -0.05) is 0 Å². The van der Waals surface area contributed by atoms with Gasteiger partial charge in [-0.15, -0.1) is 0 Å². The highest BCUT2D eigenvalue weighted by Crippen LogP contribution is 2.23. The summed E-state index contributed by atoms with van der Waals surface area (Å²) < 4.78 is 29.0. The maximum Gasteiger partial charge on any atom is 0.255 e. The van der Waals surface area contributed by atoms with Gasteiger partial charge in [0.15, 0.2) is 12.5 Å². The molecule has 0 bridgehead atoms. The molecule has 0 saturated carbocycles. The number of halogens is 1. The molecule has 1 heterocycles. The molecule has 0 aromatic rings. The highest BCUT2D eigenvalue weighted by atomic mass is 19.1. The fourth-order valence-corrected chi connectivity index (χ4v) is 2.16. The van der Waals surface area contributed by atoms with Gasteiger partial charge in [0.05, 0.1) is 12.1 Å². The number of rotatable bonds is 6. The van der Waals surface area contributed by atoms with Crippen LogP contribution in [0.25, 0.3) is 0 Å². The summed E-state index contributed by atoms with van der Waals surface area (Å²) in [5, 5.41) is 21.2. The van der Waals surface area contributed by atoms with Crippen molar-refractivity contribution in [2.45, 2.75) is 50.2 Å². The van der Waals surface area contributed by atoms with Crippen LogP contribution in [0, 0.1) is 0 Å². The summed E-state index contributed by atoms with van der Waals surface area (Å²) in [4.78, 5) is 11.6. The summed E-state index contributed by atoms with van der Waals surface area (Å²) in [6, 6.07) is -0.823. The van der Waals surface area contributed by atoms with Crippen LogP contribution in [0.2, 0.25) is 0 Å². The number of alkyl halides is 1. The number of ether oxygens (including phenoxy) is 3. The van der Waals surface area contributed by atoms with Crippen molar-refractivity contribution in [3.8, 4) is 0 Å². The number of aliphatic hydroxyl groups excluding tert-OH is 2. The van der Waals surface area contributed by atoms with E-state index in [1.165, 1.54) is 14.2 Å². The lowest BCUT2D eigenvalue weighted by Gasteiger charge is -2.42. The first-order chi connectivity index (χ1) is 9.46. The smallest absolute Gasteiger partial charge is 0.255 e. The minimum Gasteiger partial charge on any atom is -0.396 e. The second kappa shape index (κ2) is 7.84. The van der Waals surface area contributed by atoms with Crippen LogP contribution >= 0.6 is 0 Å². The molecule has 8 heteroatoms. The van der Waals surface area contributed by atoms with Crippen LogP contribution in [0.5, 0.6) is 0 Å². The van der Waals surface area contributed by atoms with Gasteiger partial charge in [0.2, 0.25) is 0 Å². The lowest BCUT2D eigenvalue weighted by atomic mass is 9.96. The van der Waals surface area contributed by atoms with E-state index >= 15 is 0 Å². The number of hydrogen-bond acceptors (Lipinski definition) is 6. The van der Waals surface area contributed by atoms with Crippen molar-refractivity contribution >= 4 is 5.91 Å². The third-order valence-electron chi connectivity index (χ3n) is 3.31. The van der Waals surface area contributed by atoms with Crippen molar-refractivity contribution in [2.75, 3.05) is 20.8 Å². The van der Waals surface area contributed by atoms with E-state index in [9.17, 15) is 14.3 Å². The Kier molecular flexibility index (Phi) is 6.77. The first-order valence-corrected chi connectivity index (χ1v) is 6.40. The highest BCUT2D eigenvalue weighted by Gasteiger charge is 2.45. The van der Waals surface area contributed by atoms with Gasteiger partial charge in [0, 0.05) is 27.2 Å². The summed E-state index contributed by atoms with van der Waals surface area (Å²) >= 11 is 0. The molecule has 1 saturated heterocycles. The Balaban J connectivity index is 2.71. The number of amides is 1. The van der Waals surface area contributed by atoms with Crippen LogP contribution in [0.15, 0.2) is 0 Å². The Morgan fingerprint density at radius 1 is 1.45 bits per heavy atom. The molecule has 118 valence electrons. The van der Waals surface area contributed by atoms with Gasteiger partial charge >= 0.3 is 0 Å². The molecular weight excluding hydrogens is 273 g/mol. The third kappa shape index (κ3) is 3.86. The number of carbonyl (C=O) groups is 1. The predicted molar refractivity (Wildman–Crippen MR) is 66.7 cm³/mol. The molecule has 1 aliphatic rings. The lowest BCUT2D eigenvalue weighted by molar-refractivity contribution is -0.269. The van der Waals surface area contributed by atoms with Gasteiger partial charge in [0.25, 0.3) is 5.91 Å². The molecule has 3 N–H and O–H groups in total. The first kappa shape index (κ1) is 17.3. The fraction of sp³-hybridized carbons (Fsp3) is 0.917. The van der Waals surface area contributed by atoms with E-state index < -0.39 is 49.3 Å². The van der Waals surface area contributed by atoms with Crippen molar-refractivity contribution in [3.63, 3.8) is 0 Å². The van der Waals surface area contributed by atoms with Gasteiger partial charge in [-0.25, -0.2) is 4.39 Å². The molecule has 1 fully saturated rings. The minimum absolute atomic E-state index is 0.293. The fourth-order valence-electron chi connectivity index (χ4n) is 2.16. The zero-order chi connectivity index (χ0) is 15.3. The lowest BCUT2D eigenvalue weighted by Crippen LogP contribution is -2.64. The predicted octanol–water partition coefficient (Wildman–Crippen LogP) is -1.04. The summed E-state index contributed by atoms with van der Waals surface area (Å²) in [5.74, 6) is -0.899. The summed E-state index contributed by atoms with van der Waals surface area (Å²) in [6.45, 7) is 1.20. The van der Waals surface area contributed by atoms with Crippen LogP contribution in [0.4, 0.5) is 4.39 Å². The van der Waals surface area contributed by atoms with Gasteiger partial charge in [-0.05, 0) is 6.92 Å². The van der Waals surface area contributed by atoms with Crippen molar-refractivity contribution in [1.29, 1.82) is 0 Å². The number of aliphatic hydroxyl groups is 2. The van der Waals surface area contributed by atoms with Crippen LogP contribution in [-0.4, -0.2) is 73.8 Å². The molecular formula is C12H22FNO6. The Morgan fingerprint density at radius 2 is 2.10 bits per heavy atom. The van der Waals surface area contributed by atoms with Crippen molar-refractivity contribution in [1.82, 2.24) is 5.32 Å².